The number of benzene rings is 1. The number of rotatable bonds is 4. The van der Waals surface area contributed by atoms with Crippen LogP contribution in [0.3, 0.4) is 0 Å². The van der Waals surface area contributed by atoms with Gasteiger partial charge in [0.25, 0.3) is 5.56 Å². The molecule has 1 aliphatic heterocycles. The van der Waals surface area contributed by atoms with Crippen LogP contribution in [0, 0.1) is 0 Å². The van der Waals surface area contributed by atoms with Crippen molar-refractivity contribution in [1.29, 1.82) is 0 Å². The lowest BCUT2D eigenvalue weighted by atomic mass is 9.76. The average Bonchev–Trinajstić information content (AvgIpc) is 2.72. The number of aromatic nitrogens is 2. The number of thioether (sulfide) groups is 1. The van der Waals surface area contributed by atoms with Crippen molar-refractivity contribution in [2.45, 2.75) is 30.3 Å². The number of phenolic OH excluding ortho intramolecular Hbond substituents is 1. The van der Waals surface area contributed by atoms with Crippen molar-refractivity contribution in [2.75, 3.05) is 25.8 Å². The fourth-order valence-electron chi connectivity index (χ4n) is 3.95. The molecule has 2 heterocycles. The van der Waals surface area contributed by atoms with Crippen LogP contribution >= 0.6 is 11.8 Å². The number of nitrogens with one attached hydrogen (secondary N) is 2. The number of fused-ring (bicyclic) bond motifs is 1. The summed E-state index contributed by atoms with van der Waals surface area (Å²) in [5, 5.41) is 14.0. The first-order valence-corrected chi connectivity index (χ1v) is 10.4. The standard InChI is InChI=1S/C20H21N3O5S/c1-27-12-7-9(8-13(28-2)17(12)25)14-15-10(5-4-6-11(15)24)21-18-16(14)19(26)23-20(22-18)29-3/h7-8,14,25H,4-6H2,1-3H3,(H2,21,22,23,26). The van der Waals surface area contributed by atoms with Crippen molar-refractivity contribution in [2.24, 2.45) is 0 Å². The SMILES string of the molecule is COc1cc(C2C3=C(CCCC3=O)Nc3nc(SC)[nH]c(=O)c32)cc(OC)c1O. The molecular formula is C20H21N3O5S. The Morgan fingerprint density at radius 2 is 1.86 bits per heavy atom. The largest absolute Gasteiger partial charge is 0.502 e. The summed E-state index contributed by atoms with van der Waals surface area (Å²) in [4.78, 5) is 33.2. The van der Waals surface area contributed by atoms with E-state index in [1.165, 1.54) is 26.0 Å². The second-order valence-corrected chi connectivity index (χ2v) is 7.63. The fourth-order valence-corrected chi connectivity index (χ4v) is 4.33. The number of allylic oxidation sites excluding steroid dienone is 2. The Morgan fingerprint density at radius 1 is 1.17 bits per heavy atom. The van der Waals surface area contributed by atoms with Gasteiger partial charge in [-0.2, -0.15) is 0 Å². The molecule has 0 fully saturated rings. The number of hydrogen-bond donors (Lipinski definition) is 3. The molecule has 9 heteroatoms. The first-order chi connectivity index (χ1) is 14.0. The molecule has 4 rings (SSSR count). The summed E-state index contributed by atoms with van der Waals surface area (Å²) in [6.07, 6.45) is 3.70. The topological polar surface area (TPSA) is 114 Å². The first kappa shape index (κ1) is 19.4. The van der Waals surface area contributed by atoms with Gasteiger partial charge < -0.3 is 24.9 Å². The highest BCUT2D eigenvalue weighted by Crippen LogP contribution is 2.47. The van der Waals surface area contributed by atoms with Crippen LogP contribution in [-0.4, -0.2) is 41.3 Å². The third kappa shape index (κ3) is 3.15. The van der Waals surface area contributed by atoms with Gasteiger partial charge in [0, 0.05) is 23.6 Å². The predicted octanol–water partition coefficient (Wildman–Crippen LogP) is 2.78. The monoisotopic (exact) mass is 415 g/mol. The van der Waals surface area contributed by atoms with Crippen molar-refractivity contribution in [3.8, 4) is 17.2 Å². The maximum atomic E-state index is 13.0. The predicted molar refractivity (Wildman–Crippen MR) is 109 cm³/mol. The molecule has 1 atom stereocenters. The number of methoxy groups -OCH3 is 2. The van der Waals surface area contributed by atoms with Crippen LogP contribution in [0.25, 0.3) is 0 Å². The summed E-state index contributed by atoms with van der Waals surface area (Å²) in [7, 11) is 2.87. The maximum absolute atomic E-state index is 13.0. The number of carbonyl (C=O) groups is 1. The molecule has 0 radical (unpaired) electrons. The van der Waals surface area contributed by atoms with E-state index in [-0.39, 0.29) is 28.6 Å². The van der Waals surface area contributed by atoms with Crippen molar-refractivity contribution in [3.05, 3.63) is 44.9 Å². The molecule has 1 aromatic heterocycles. The minimum absolute atomic E-state index is 0.00579. The number of aromatic hydroxyl groups is 1. The number of anilines is 1. The number of hydrogen-bond acceptors (Lipinski definition) is 8. The molecule has 152 valence electrons. The number of nitrogens with zero attached hydrogens (tertiary/aromatic N) is 1. The van der Waals surface area contributed by atoms with E-state index in [9.17, 15) is 14.7 Å². The van der Waals surface area contributed by atoms with Gasteiger partial charge in [-0.15, -0.1) is 0 Å². The van der Waals surface area contributed by atoms with Gasteiger partial charge in [-0.3, -0.25) is 9.59 Å². The molecule has 0 saturated carbocycles. The molecule has 1 unspecified atom stereocenters. The Balaban J connectivity index is 2.01. The van der Waals surface area contributed by atoms with Crippen LogP contribution < -0.4 is 20.3 Å². The summed E-state index contributed by atoms with van der Waals surface area (Å²) >= 11 is 1.33. The van der Waals surface area contributed by atoms with Gasteiger partial charge in [-0.05, 0) is 36.8 Å². The molecule has 0 spiro atoms. The molecule has 0 amide bonds. The highest BCUT2D eigenvalue weighted by Gasteiger charge is 2.38. The molecule has 1 aliphatic carbocycles. The van der Waals surface area contributed by atoms with Crippen LogP contribution in [-0.2, 0) is 4.79 Å². The van der Waals surface area contributed by atoms with E-state index in [0.29, 0.717) is 40.5 Å². The zero-order chi connectivity index (χ0) is 20.7. The van der Waals surface area contributed by atoms with E-state index < -0.39 is 5.92 Å². The number of ketones is 1. The normalized spacial score (nSPS) is 18.0. The van der Waals surface area contributed by atoms with Gasteiger partial charge in [0.15, 0.2) is 22.4 Å². The molecule has 3 N–H and O–H groups in total. The van der Waals surface area contributed by atoms with Gasteiger partial charge in [0.05, 0.1) is 19.8 Å². The molecule has 8 nitrogen and oxygen atoms in total. The Kier molecular flexibility index (Phi) is 4.99. The first-order valence-electron chi connectivity index (χ1n) is 9.14. The lowest BCUT2D eigenvalue weighted by molar-refractivity contribution is -0.116. The zero-order valence-corrected chi connectivity index (χ0v) is 17.1. The summed E-state index contributed by atoms with van der Waals surface area (Å²) in [5.41, 5.74) is 2.02. The van der Waals surface area contributed by atoms with E-state index >= 15 is 0 Å². The molecule has 2 aromatic rings. The number of carbonyl (C=O) groups excluding carboxylic acids is 1. The summed E-state index contributed by atoms with van der Waals surface area (Å²) < 4.78 is 10.6. The van der Waals surface area contributed by atoms with E-state index in [0.717, 1.165) is 12.1 Å². The summed E-state index contributed by atoms with van der Waals surface area (Å²) in [5.74, 6) is 0.0766. The third-order valence-corrected chi connectivity index (χ3v) is 5.85. The average molecular weight is 415 g/mol. The second-order valence-electron chi connectivity index (χ2n) is 6.84. The highest BCUT2D eigenvalue weighted by molar-refractivity contribution is 7.98. The van der Waals surface area contributed by atoms with E-state index in [2.05, 4.69) is 15.3 Å². The van der Waals surface area contributed by atoms with Gasteiger partial charge in [-0.25, -0.2) is 4.98 Å². The molecule has 2 aliphatic rings. The van der Waals surface area contributed by atoms with Gasteiger partial charge >= 0.3 is 0 Å². The Bertz CT molecular complexity index is 1070. The van der Waals surface area contributed by atoms with Crippen LogP contribution in [0.4, 0.5) is 5.82 Å². The Morgan fingerprint density at radius 3 is 2.48 bits per heavy atom. The lowest BCUT2D eigenvalue weighted by Crippen LogP contribution is -2.32. The van der Waals surface area contributed by atoms with Gasteiger partial charge in [0.2, 0.25) is 5.75 Å². The minimum atomic E-state index is -0.635. The van der Waals surface area contributed by atoms with Crippen LogP contribution in [0.15, 0.2) is 33.4 Å². The molecule has 29 heavy (non-hydrogen) atoms. The van der Waals surface area contributed by atoms with E-state index in [1.54, 1.807) is 12.1 Å². The van der Waals surface area contributed by atoms with Crippen molar-refractivity contribution >= 4 is 23.4 Å². The van der Waals surface area contributed by atoms with Crippen LogP contribution in [0.2, 0.25) is 0 Å². The fraction of sp³-hybridized carbons (Fsp3) is 0.350. The molecule has 0 bridgehead atoms. The number of phenols is 1. The van der Waals surface area contributed by atoms with Gasteiger partial charge in [0.1, 0.15) is 5.82 Å². The maximum Gasteiger partial charge on any atom is 0.257 e. The smallest absolute Gasteiger partial charge is 0.257 e. The molecule has 1 aromatic carbocycles. The lowest BCUT2D eigenvalue weighted by Gasteiger charge is -2.33. The van der Waals surface area contributed by atoms with Crippen LogP contribution in [0.5, 0.6) is 17.2 Å². The highest BCUT2D eigenvalue weighted by atomic mass is 32.2. The summed E-state index contributed by atoms with van der Waals surface area (Å²) in [6.45, 7) is 0. The number of Topliss-reactive ketones (excluding diaryl/α,β-unsaturated/α-hetero) is 1. The number of aromatic amines is 1. The van der Waals surface area contributed by atoms with Crippen molar-refractivity contribution in [3.63, 3.8) is 0 Å². The van der Waals surface area contributed by atoms with Crippen LogP contribution in [0.1, 0.15) is 36.3 Å². The third-order valence-electron chi connectivity index (χ3n) is 5.27. The second kappa shape index (κ2) is 7.47. The zero-order valence-electron chi connectivity index (χ0n) is 16.3. The van der Waals surface area contributed by atoms with E-state index in [4.69, 9.17) is 9.47 Å². The number of H-pyrrole nitrogens is 1. The molecular weight excluding hydrogens is 394 g/mol. The Labute approximate surface area is 171 Å². The summed E-state index contributed by atoms with van der Waals surface area (Å²) in [6, 6.07) is 3.26. The Hall–Kier alpha value is -2.94. The van der Waals surface area contributed by atoms with Gasteiger partial charge in [-0.1, -0.05) is 11.8 Å². The van der Waals surface area contributed by atoms with Crippen molar-refractivity contribution < 1.29 is 19.4 Å². The van der Waals surface area contributed by atoms with E-state index in [1.807, 2.05) is 6.26 Å². The van der Waals surface area contributed by atoms with Crippen molar-refractivity contribution in [1.82, 2.24) is 9.97 Å². The quantitative estimate of drug-likeness (QED) is 0.516. The molecule has 0 saturated heterocycles. The minimum Gasteiger partial charge on any atom is -0.502 e. The number of ether oxygens (including phenoxy) is 2.